The number of nitrogens with one attached hydrogen (secondary N) is 1. The Bertz CT molecular complexity index is 1020. The third-order valence-electron chi connectivity index (χ3n) is 5.05. The van der Waals surface area contributed by atoms with E-state index in [0.717, 1.165) is 0 Å². The van der Waals surface area contributed by atoms with Crippen molar-refractivity contribution in [2.75, 3.05) is 51.9 Å². The minimum atomic E-state index is -3.57. The van der Waals surface area contributed by atoms with Crippen molar-refractivity contribution >= 4 is 21.6 Å². The van der Waals surface area contributed by atoms with Crippen LogP contribution in [0.15, 0.2) is 47.4 Å². The number of fused-ring (bicyclic) bond motifs is 1. The monoisotopic (exact) mass is 433 g/mol. The Balaban J connectivity index is 1.30. The van der Waals surface area contributed by atoms with Crippen molar-refractivity contribution in [3.8, 4) is 17.2 Å². The molecule has 0 spiro atoms. The van der Waals surface area contributed by atoms with Gasteiger partial charge in [0.25, 0.3) is 0 Å². The van der Waals surface area contributed by atoms with Crippen LogP contribution in [0.4, 0.5) is 5.69 Å². The molecule has 0 saturated carbocycles. The predicted octanol–water partition coefficient (Wildman–Crippen LogP) is 1.37. The first-order chi connectivity index (χ1) is 14.5. The van der Waals surface area contributed by atoms with Crippen LogP contribution in [0, 0.1) is 0 Å². The first-order valence-corrected chi connectivity index (χ1v) is 11.0. The molecule has 1 N–H and O–H groups in total. The minimum absolute atomic E-state index is 0.166. The molecule has 0 bridgehead atoms. The molecule has 4 rings (SSSR count). The Hall–Kier alpha value is -2.82. The van der Waals surface area contributed by atoms with E-state index in [4.69, 9.17) is 14.2 Å². The van der Waals surface area contributed by atoms with E-state index in [1.165, 1.54) is 11.4 Å². The van der Waals surface area contributed by atoms with E-state index in [2.05, 4.69) is 5.32 Å². The highest BCUT2D eigenvalue weighted by Crippen LogP contribution is 2.34. The van der Waals surface area contributed by atoms with Crippen LogP contribution < -0.4 is 19.5 Å². The van der Waals surface area contributed by atoms with Crippen LogP contribution in [-0.2, 0) is 14.8 Å². The number of piperazine rings is 1. The summed E-state index contributed by atoms with van der Waals surface area (Å²) >= 11 is 0. The zero-order chi connectivity index (χ0) is 21.1. The summed E-state index contributed by atoms with van der Waals surface area (Å²) in [6, 6.07) is 11.6. The molecule has 2 aliphatic rings. The van der Waals surface area contributed by atoms with Gasteiger partial charge >= 0.3 is 0 Å². The summed E-state index contributed by atoms with van der Waals surface area (Å²) in [6.45, 7) is 1.96. The summed E-state index contributed by atoms with van der Waals surface area (Å²) in [4.78, 5) is 14.5. The maximum atomic E-state index is 12.8. The molecule has 0 unspecified atom stereocenters. The highest BCUT2D eigenvalue weighted by Gasteiger charge is 2.29. The van der Waals surface area contributed by atoms with E-state index in [1.807, 2.05) is 4.90 Å². The molecule has 2 aromatic rings. The molecule has 160 valence electrons. The van der Waals surface area contributed by atoms with Crippen LogP contribution in [0.1, 0.15) is 0 Å². The van der Waals surface area contributed by atoms with Gasteiger partial charge in [-0.25, -0.2) is 8.42 Å². The van der Waals surface area contributed by atoms with Gasteiger partial charge in [-0.2, -0.15) is 4.31 Å². The van der Waals surface area contributed by atoms with E-state index < -0.39 is 10.0 Å². The number of carbonyl (C=O) groups excluding carboxylic acids is 1. The number of methoxy groups -OCH3 is 1. The molecule has 2 heterocycles. The number of rotatable bonds is 6. The van der Waals surface area contributed by atoms with Crippen molar-refractivity contribution in [3.63, 3.8) is 0 Å². The summed E-state index contributed by atoms with van der Waals surface area (Å²) in [5, 5.41) is 2.84. The molecule has 1 amide bonds. The first kappa shape index (κ1) is 20.5. The van der Waals surface area contributed by atoms with Gasteiger partial charge in [0, 0.05) is 37.9 Å². The molecule has 0 aromatic heterocycles. The molecule has 1 saturated heterocycles. The Morgan fingerprint density at radius 2 is 1.73 bits per heavy atom. The van der Waals surface area contributed by atoms with E-state index >= 15 is 0 Å². The fourth-order valence-electron chi connectivity index (χ4n) is 3.40. The molecule has 0 atom stereocenters. The van der Waals surface area contributed by atoms with Crippen LogP contribution in [0.2, 0.25) is 0 Å². The van der Waals surface area contributed by atoms with Gasteiger partial charge in [-0.05, 0) is 36.4 Å². The van der Waals surface area contributed by atoms with Gasteiger partial charge < -0.3 is 19.5 Å². The number of hydrogen-bond acceptors (Lipinski definition) is 7. The van der Waals surface area contributed by atoms with E-state index in [0.29, 0.717) is 49.1 Å². The Kier molecular flexibility index (Phi) is 5.80. The molecular weight excluding hydrogens is 410 g/mol. The number of benzene rings is 2. The zero-order valence-corrected chi connectivity index (χ0v) is 17.4. The van der Waals surface area contributed by atoms with E-state index in [1.54, 1.807) is 42.5 Å². The van der Waals surface area contributed by atoms with Crippen LogP contribution >= 0.6 is 0 Å². The van der Waals surface area contributed by atoms with Gasteiger partial charge in [-0.3, -0.25) is 9.69 Å². The summed E-state index contributed by atoms with van der Waals surface area (Å²) in [6.07, 6.45) is 0. The van der Waals surface area contributed by atoms with Crippen molar-refractivity contribution in [1.29, 1.82) is 0 Å². The number of amides is 1. The fourth-order valence-corrected chi connectivity index (χ4v) is 4.82. The van der Waals surface area contributed by atoms with Crippen LogP contribution in [-0.4, -0.2) is 70.2 Å². The van der Waals surface area contributed by atoms with Gasteiger partial charge in [0.05, 0.1) is 18.6 Å². The number of carbonyl (C=O) groups is 1. The van der Waals surface area contributed by atoms with Crippen LogP contribution in [0.25, 0.3) is 0 Å². The second-order valence-electron chi connectivity index (χ2n) is 6.97. The lowest BCUT2D eigenvalue weighted by Gasteiger charge is -2.33. The summed E-state index contributed by atoms with van der Waals surface area (Å²) in [5.74, 6) is 1.69. The SMILES string of the molecule is COc1ccc(S(=O)(=O)N2CCN(CC(=O)Nc3ccc4c(c3)OCO4)CC2)cc1. The highest BCUT2D eigenvalue weighted by atomic mass is 32.2. The smallest absolute Gasteiger partial charge is 0.243 e. The highest BCUT2D eigenvalue weighted by molar-refractivity contribution is 7.89. The first-order valence-electron chi connectivity index (χ1n) is 9.52. The molecule has 2 aromatic carbocycles. The fraction of sp³-hybridized carbons (Fsp3) is 0.350. The van der Waals surface area contributed by atoms with Crippen LogP contribution in [0.3, 0.4) is 0 Å². The quantitative estimate of drug-likeness (QED) is 0.735. The van der Waals surface area contributed by atoms with Crippen molar-refractivity contribution in [2.45, 2.75) is 4.90 Å². The molecule has 30 heavy (non-hydrogen) atoms. The van der Waals surface area contributed by atoms with Gasteiger partial charge in [0.15, 0.2) is 11.5 Å². The van der Waals surface area contributed by atoms with Crippen molar-refractivity contribution in [2.24, 2.45) is 0 Å². The second-order valence-corrected chi connectivity index (χ2v) is 8.91. The number of anilines is 1. The Morgan fingerprint density at radius 1 is 1.03 bits per heavy atom. The Morgan fingerprint density at radius 3 is 2.43 bits per heavy atom. The molecule has 9 nitrogen and oxygen atoms in total. The predicted molar refractivity (Wildman–Crippen MR) is 109 cm³/mol. The Labute approximate surface area is 175 Å². The van der Waals surface area contributed by atoms with Gasteiger partial charge in [-0.1, -0.05) is 0 Å². The normalized spacial score (nSPS) is 17.0. The molecule has 1 fully saturated rings. The maximum Gasteiger partial charge on any atom is 0.243 e. The van der Waals surface area contributed by atoms with E-state index in [9.17, 15) is 13.2 Å². The topological polar surface area (TPSA) is 97.4 Å². The van der Waals surface area contributed by atoms with Crippen molar-refractivity contribution in [3.05, 3.63) is 42.5 Å². The van der Waals surface area contributed by atoms with Crippen molar-refractivity contribution < 1.29 is 27.4 Å². The average molecular weight is 433 g/mol. The number of hydrogen-bond donors (Lipinski definition) is 1. The molecule has 0 radical (unpaired) electrons. The lowest BCUT2D eigenvalue weighted by Crippen LogP contribution is -2.50. The average Bonchev–Trinajstić information content (AvgIpc) is 3.22. The second kappa shape index (κ2) is 8.50. The third-order valence-corrected chi connectivity index (χ3v) is 6.96. The maximum absolute atomic E-state index is 12.8. The molecule has 10 heteroatoms. The molecular formula is C20H23N3O6S. The third kappa shape index (κ3) is 4.35. The van der Waals surface area contributed by atoms with Gasteiger partial charge in [0.2, 0.25) is 22.7 Å². The summed E-state index contributed by atoms with van der Waals surface area (Å²) < 4.78 is 42.7. The van der Waals surface area contributed by atoms with E-state index in [-0.39, 0.29) is 24.1 Å². The van der Waals surface area contributed by atoms with Gasteiger partial charge in [0.1, 0.15) is 5.75 Å². The zero-order valence-electron chi connectivity index (χ0n) is 16.5. The molecule has 2 aliphatic heterocycles. The number of sulfonamides is 1. The number of ether oxygens (including phenoxy) is 3. The van der Waals surface area contributed by atoms with Crippen molar-refractivity contribution in [1.82, 2.24) is 9.21 Å². The lowest BCUT2D eigenvalue weighted by molar-refractivity contribution is -0.117. The van der Waals surface area contributed by atoms with Gasteiger partial charge in [-0.15, -0.1) is 0 Å². The lowest BCUT2D eigenvalue weighted by atomic mass is 10.2. The minimum Gasteiger partial charge on any atom is -0.497 e. The standard InChI is InChI=1S/C20H23N3O6S/c1-27-16-3-5-17(6-4-16)30(25,26)23-10-8-22(9-11-23)13-20(24)21-15-2-7-18-19(12-15)29-14-28-18/h2-7,12H,8-11,13-14H2,1H3,(H,21,24). The summed E-state index contributed by atoms with van der Waals surface area (Å²) in [7, 11) is -2.04. The number of nitrogens with zero attached hydrogens (tertiary/aromatic N) is 2. The van der Waals surface area contributed by atoms with Crippen LogP contribution in [0.5, 0.6) is 17.2 Å². The molecule has 0 aliphatic carbocycles. The largest absolute Gasteiger partial charge is 0.497 e. The summed E-state index contributed by atoms with van der Waals surface area (Å²) in [5.41, 5.74) is 0.630.